The number of nitrogens with one attached hydrogen (secondary N) is 1. The number of likely N-dealkylation sites (tertiary alicyclic amines) is 1. The third kappa shape index (κ3) is 3.70. The Kier molecular flexibility index (Phi) is 5.23. The molecular formula is C20H20FN3O3S. The van der Waals surface area contributed by atoms with Crippen molar-refractivity contribution >= 4 is 27.3 Å². The van der Waals surface area contributed by atoms with Crippen molar-refractivity contribution in [2.45, 2.75) is 19.4 Å². The zero-order chi connectivity index (χ0) is 19.7. The number of aromatic nitrogens is 2. The minimum Gasteiger partial charge on any atom is -0.302 e. The fourth-order valence-corrected chi connectivity index (χ4v) is 4.46. The number of piperidine rings is 1. The van der Waals surface area contributed by atoms with Crippen LogP contribution in [0.25, 0.3) is 10.2 Å². The molecule has 0 unspecified atom stereocenters. The van der Waals surface area contributed by atoms with Gasteiger partial charge in [0.25, 0.3) is 5.56 Å². The van der Waals surface area contributed by atoms with Crippen molar-refractivity contribution in [1.82, 2.24) is 14.5 Å². The fraction of sp³-hybridized carbons (Fsp3) is 0.350. The summed E-state index contributed by atoms with van der Waals surface area (Å²) in [6.07, 6.45) is 1.43. The van der Waals surface area contributed by atoms with Crippen LogP contribution in [-0.2, 0) is 6.54 Å². The molecule has 8 heteroatoms. The van der Waals surface area contributed by atoms with Gasteiger partial charge in [-0.3, -0.25) is 19.1 Å². The van der Waals surface area contributed by atoms with Gasteiger partial charge in [-0.2, -0.15) is 0 Å². The summed E-state index contributed by atoms with van der Waals surface area (Å²) in [5, 5.41) is 2.32. The van der Waals surface area contributed by atoms with E-state index in [2.05, 4.69) is 9.88 Å². The van der Waals surface area contributed by atoms with Crippen molar-refractivity contribution < 1.29 is 9.18 Å². The molecule has 2 aromatic heterocycles. The van der Waals surface area contributed by atoms with E-state index in [9.17, 15) is 18.8 Å². The summed E-state index contributed by atoms with van der Waals surface area (Å²) in [4.78, 5) is 42.7. The number of nitrogens with zero attached hydrogens (tertiary/aromatic N) is 2. The smallest absolute Gasteiger partial charge is 0.302 e. The van der Waals surface area contributed by atoms with Gasteiger partial charge < -0.3 is 4.90 Å². The van der Waals surface area contributed by atoms with Crippen molar-refractivity contribution in [3.63, 3.8) is 0 Å². The van der Waals surface area contributed by atoms with Crippen molar-refractivity contribution in [1.29, 1.82) is 0 Å². The van der Waals surface area contributed by atoms with Crippen LogP contribution in [0.15, 0.2) is 45.3 Å². The van der Waals surface area contributed by atoms with Gasteiger partial charge in [0.1, 0.15) is 10.6 Å². The zero-order valence-electron chi connectivity index (χ0n) is 15.2. The summed E-state index contributed by atoms with van der Waals surface area (Å²) in [6.45, 7) is 2.35. The number of benzene rings is 1. The van der Waals surface area contributed by atoms with Crippen LogP contribution in [0.2, 0.25) is 0 Å². The Labute approximate surface area is 164 Å². The average molecular weight is 401 g/mol. The molecule has 0 atom stereocenters. The van der Waals surface area contributed by atoms with E-state index in [0.29, 0.717) is 41.7 Å². The van der Waals surface area contributed by atoms with Crippen LogP contribution in [0, 0.1) is 11.7 Å². The van der Waals surface area contributed by atoms with Crippen LogP contribution in [0.1, 0.15) is 23.2 Å². The minimum atomic E-state index is -0.388. The number of halogens is 1. The lowest BCUT2D eigenvalue weighted by Crippen LogP contribution is -2.42. The minimum absolute atomic E-state index is 0.0511. The third-order valence-electron chi connectivity index (χ3n) is 5.33. The van der Waals surface area contributed by atoms with Crippen LogP contribution >= 0.6 is 11.3 Å². The predicted molar refractivity (Wildman–Crippen MR) is 107 cm³/mol. The lowest BCUT2D eigenvalue weighted by molar-refractivity contribution is 0.0837. The second-order valence-electron chi connectivity index (χ2n) is 7.04. The Bertz CT molecular complexity index is 1110. The quantitative estimate of drug-likeness (QED) is 0.667. The van der Waals surface area contributed by atoms with Gasteiger partial charge >= 0.3 is 5.69 Å². The van der Waals surface area contributed by atoms with Gasteiger partial charge in [0.2, 0.25) is 0 Å². The maximum atomic E-state index is 13.0. The molecule has 0 amide bonds. The number of aromatic amines is 1. The van der Waals surface area contributed by atoms with Gasteiger partial charge in [-0.05, 0) is 61.6 Å². The molecule has 146 valence electrons. The van der Waals surface area contributed by atoms with E-state index in [0.717, 1.165) is 13.1 Å². The highest BCUT2D eigenvalue weighted by Crippen LogP contribution is 2.22. The van der Waals surface area contributed by atoms with E-state index in [1.807, 2.05) is 0 Å². The molecule has 0 aliphatic carbocycles. The highest BCUT2D eigenvalue weighted by atomic mass is 32.1. The molecule has 3 aromatic rings. The number of H-pyrrole nitrogens is 1. The van der Waals surface area contributed by atoms with Crippen molar-refractivity contribution in [2.24, 2.45) is 5.92 Å². The topological polar surface area (TPSA) is 75.2 Å². The maximum absolute atomic E-state index is 13.0. The molecule has 1 aliphatic heterocycles. The largest absolute Gasteiger partial charge is 0.329 e. The van der Waals surface area contributed by atoms with Crippen molar-refractivity contribution in [3.05, 3.63) is 67.9 Å². The normalized spacial score (nSPS) is 15.9. The van der Waals surface area contributed by atoms with Crippen molar-refractivity contribution in [2.75, 3.05) is 19.6 Å². The monoisotopic (exact) mass is 401 g/mol. The molecule has 4 rings (SSSR count). The first-order valence-electron chi connectivity index (χ1n) is 9.25. The molecule has 0 spiro atoms. The molecule has 0 saturated carbocycles. The first-order valence-corrected chi connectivity index (χ1v) is 10.1. The Hall–Kier alpha value is -2.58. The van der Waals surface area contributed by atoms with Gasteiger partial charge in [0.15, 0.2) is 5.78 Å². The number of fused-ring (bicyclic) bond motifs is 1. The lowest BCUT2D eigenvalue weighted by Gasteiger charge is -2.31. The molecule has 3 heterocycles. The van der Waals surface area contributed by atoms with Crippen LogP contribution in [-0.4, -0.2) is 39.9 Å². The van der Waals surface area contributed by atoms with Gasteiger partial charge in [0, 0.05) is 24.6 Å². The first-order chi connectivity index (χ1) is 13.5. The molecule has 6 nitrogen and oxygen atoms in total. The van der Waals surface area contributed by atoms with Crippen LogP contribution in [0.4, 0.5) is 4.39 Å². The van der Waals surface area contributed by atoms with E-state index >= 15 is 0 Å². The zero-order valence-corrected chi connectivity index (χ0v) is 16.0. The van der Waals surface area contributed by atoms with Gasteiger partial charge in [0.05, 0.1) is 5.39 Å². The summed E-state index contributed by atoms with van der Waals surface area (Å²) in [7, 11) is 0. The van der Waals surface area contributed by atoms with E-state index in [4.69, 9.17) is 0 Å². The number of ketones is 1. The second-order valence-corrected chi connectivity index (χ2v) is 7.95. The van der Waals surface area contributed by atoms with Gasteiger partial charge in [-0.25, -0.2) is 9.18 Å². The highest BCUT2D eigenvalue weighted by molar-refractivity contribution is 7.16. The number of Topliss-reactive ketones (excluding diaryl/α,β-unsaturated/α-hetero) is 1. The average Bonchev–Trinajstić information content (AvgIpc) is 3.17. The number of thiophene rings is 1. The third-order valence-corrected chi connectivity index (χ3v) is 6.16. The van der Waals surface area contributed by atoms with Crippen LogP contribution in [0.3, 0.4) is 0 Å². The molecule has 1 N–H and O–H groups in total. The Balaban J connectivity index is 1.36. The first kappa shape index (κ1) is 18.8. The summed E-state index contributed by atoms with van der Waals surface area (Å²) < 4.78 is 14.3. The molecule has 28 heavy (non-hydrogen) atoms. The van der Waals surface area contributed by atoms with E-state index in [1.54, 1.807) is 11.4 Å². The lowest BCUT2D eigenvalue weighted by atomic mass is 9.89. The summed E-state index contributed by atoms with van der Waals surface area (Å²) >= 11 is 1.34. The summed E-state index contributed by atoms with van der Waals surface area (Å²) in [5.41, 5.74) is -0.107. The Morgan fingerprint density at radius 2 is 1.82 bits per heavy atom. The summed E-state index contributed by atoms with van der Waals surface area (Å²) in [5.74, 6) is -0.373. The van der Waals surface area contributed by atoms with E-state index in [1.165, 1.54) is 40.2 Å². The SMILES string of the molecule is O=C(c1ccc(F)cc1)C1CCN(CCn2c(=O)[nH]c3sccc3c2=O)CC1. The number of rotatable bonds is 5. The molecule has 1 aliphatic rings. The number of hydrogen-bond acceptors (Lipinski definition) is 5. The maximum Gasteiger partial charge on any atom is 0.329 e. The predicted octanol–water partition coefficient (Wildman–Crippen LogP) is 2.49. The number of carbonyl (C=O) groups excluding carboxylic acids is 1. The second kappa shape index (κ2) is 7.81. The molecule has 0 radical (unpaired) electrons. The van der Waals surface area contributed by atoms with Crippen molar-refractivity contribution in [3.8, 4) is 0 Å². The van der Waals surface area contributed by atoms with Crippen LogP contribution < -0.4 is 11.2 Å². The number of hydrogen-bond donors (Lipinski definition) is 1. The van der Waals surface area contributed by atoms with Gasteiger partial charge in [-0.1, -0.05) is 0 Å². The van der Waals surface area contributed by atoms with Crippen LogP contribution in [0.5, 0.6) is 0 Å². The molecular weight excluding hydrogens is 381 g/mol. The molecule has 0 bridgehead atoms. The van der Waals surface area contributed by atoms with E-state index < -0.39 is 0 Å². The van der Waals surface area contributed by atoms with Gasteiger partial charge in [-0.15, -0.1) is 11.3 Å². The number of carbonyl (C=O) groups is 1. The highest BCUT2D eigenvalue weighted by Gasteiger charge is 2.25. The molecule has 1 fully saturated rings. The summed E-state index contributed by atoms with van der Waals surface area (Å²) in [6, 6.07) is 7.40. The molecule has 1 aromatic carbocycles. The Morgan fingerprint density at radius 3 is 2.54 bits per heavy atom. The van der Waals surface area contributed by atoms with E-state index in [-0.39, 0.29) is 28.8 Å². The fourth-order valence-electron chi connectivity index (χ4n) is 3.69. The standard InChI is InChI=1S/C20H20FN3O3S/c21-15-3-1-13(2-4-15)17(25)14-5-8-23(9-6-14)10-11-24-19(26)16-7-12-28-18(16)22-20(24)27/h1-4,7,12,14H,5-6,8-11H2,(H,22,27). The molecule has 1 saturated heterocycles. The Morgan fingerprint density at radius 1 is 1.11 bits per heavy atom.